The number of carboxylic acid groups (broad SMARTS) is 1. The summed E-state index contributed by atoms with van der Waals surface area (Å²) in [6, 6.07) is 8.83. The van der Waals surface area contributed by atoms with Crippen LogP contribution in [0, 0.1) is 0 Å². The molecule has 0 aliphatic rings. The van der Waals surface area contributed by atoms with Gasteiger partial charge < -0.3 is 5.11 Å². The Morgan fingerprint density at radius 1 is 1.00 bits per heavy atom. The zero-order valence-electron chi connectivity index (χ0n) is 9.91. The molecule has 0 aromatic heterocycles. The Balaban J connectivity index is 2.77. The Morgan fingerprint density at radius 3 is 2.20 bits per heavy atom. The number of halogens is 4. The van der Waals surface area contributed by atoms with E-state index >= 15 is 0 Å². The third kappa shape index (κ3) is 2.63. The molecule has 0 heterocycles. The summed E-state index contributed by atoms with van der Waals surface area (Å²) in [7, 11) is 0. The third-order valence-electron chi connectivity index (χ3n) is 2.75. The first-order valence-electron chi connectivity index (χ1n) is 5.51. The van der Waals surface area contributed by atoms with Crippen molar-refractivity contribution in [2.45, 2.75) is 6.18 Å². The van der Waals surface area contributed by atoms with Crippen molar-refractivity contribution in [1.29, 1.82) is 0 Å². The van der Waals surface area contributed by atoms with Gasteiger partial charge in [0, 0.05) is 0 Å². The first-order chi connectivity index (χ1) is 9.32. The van der Waals surface area contributed by atoms with Gasteiger partial charge in [-0.2, -0.15) is 13.2 Å². The lowest BCUT2D eigenvalue weighted by Gasteiger charge is -2.15. The molecule has 2 rings (SSSR count). The molecule has 0 unspecified atom stereocenters. The summed E-state index contributed by atoms with van der Waals surface area (Å²) in [4.78, 5) is 11.2. The number of hydrogen-bond donors (Lipinski definition) is 1. The van der Waals surface area contributed by atoms with Crippen LogP contribution in [0.15, 0.2) is 42.5 Å². The molecule has 0 aliphatic heterocycles. The van der Waals surface area contributed by atoms with E-state index in [1.54, 1.807) is 0 Å². The minimum Gasteiger partial charge on any atom is -0.478 e. The molecule has 2 aromatic carbocycles. The SMILES string of the molecule is O=C(O)c1c(Cl)cccc1-c1ccccc1C(F)(F)F. The minimum absolute atomic E-state index is 0.0575. The lowest BCUT2D eigenvalue weighted by molar-refractivity contribution is -0.137. The molecule has 1 N–H and O–H groups in total. The number of aromatic carboxylic acids is 1. The van der Waals surface area contributed by atoms with Crippen LogP contribution in [-0.4, -0.2) is 11.1 Å². The van der Waals surface area contributed by atoms with Crippen molar-refractivity contribution >= 4 is 17.6 Å². The molecule has 2 nitrogen and oxygen atoms in total. The fourth-order valence-corrected chi connectivity index (χ4v) is 2.19. The highest BCUT2D eigenvalue weighted by Gasteiger charge is 2.34. The topological polar surface area (TPSA) is 37.3 Å². The maximum atomic E-state index is 13.0. The van der Waals surface area contributed by atoms with Gasteiger partial charge in [-0.1, -0.05) is 41.9 Å². The minimum atomic E-state index is -4.57. The maximum Gasteiger partial charge on any atom is 0.417 e. The Morgan fingerprint density at radius 2 is 1.60 bits per heavy atom. The highest BCUT2D eigenvalue weighted by molar-refractivity contribution is 6.34. The predicted molar refractivity (Wildman–Crippen MR) is 68.8 cm³/mol. The molecule has 104 valence electrons. The molecule has 0 saturated carbocycles. The molecule has 0 aliphatic carbocycles. The zero-order chi connectivity index (χ0) is 14.9. The van der Waals surface area contributed by atoms with E-state index in [1.165, 1.54) is 36.4 Å². The van der Waals surface area contributed by atoms with Gasteiger partial charge in [-0.25, -0.2) is 4.79 Å². The molecular formula is C14H8ClF3O2. The van der Waals surface area contributed by atoms with Gasteiger partial charge in [-0.15, -0.1) is 0 Å². The normalized spacial score (nSPS) is 11.4. The van der Waals surface area contributed by atoms with Gasteiger partial charge in [0.05, 0.1) is 16.1 Å². The molecule has 6 heteroatoms. The van der Waals surface area contributed by atoms with Crippen LogP contribution in [0.4, 0.5) is 13.2 Å². The number of rotatable bonds is 2. The van der Waals surface area contributed by atoms with Crippen LogP contribution < -0.4 is 0 Å². The largest absolute Gasteiger partial charge is 0.478 e. The van der Waals surface area contributed by atoms with Crippen molar-refractivity contribution in [2.75, 3.05) is 0 Å². The zero-order valence-corrected chi connectivity index (χ0v) is 10.7. The predicted octanol–water partition coefficient (Wildman–Crippen LogP) is 4.72. The number of hydrogen-bond acceptors (Lipinski definition) is 1. The summed E-state index contributed by atoms with van der Waals surface area (Å²) in [6.45, 7) is 0. The quantitative estimate of drug-likeness (QED) is 0.871. The molecule has 0 spiro atoms. The number of alkyl halides is 3. The Kier molecular flexibility index (Phi) is 3.72. The van der Waals surface area contributed by atoms with Crippen molar-refractivity contribution < 1.29 is 23.1 Å². The summed E-state index contributed by atoms with van der Waals surface area (Å²) >= 11 is 5.78. The fourth-order valence-electron chi connectivity index (χ4n) is 1.93. The molecule has 0 saturated heterocycles. The number of carboxylic acids is 1. The Labute approximate surface area is 117 Å². The lowest BCUT2D eigenvalue weighted by Crippen LogP contribution is -2.09. The highest BCUT2D eigenvalue weighted by Crippen LogP contribution is 2.39. The highest BCUT2D eigenvalue weighted by atomic mass is 35.5. The van der Waals surface area contributed by atoms with Crippen molar-refractivity contribution in [2.24, 2.45) is 0 Å². The molecule has 0 bridgehead atoms. The lowest BCUT2D eigenvalue weighted by atomic mass is 9.95. The molecule has 0 fully saturated rings. The van der Waals surface area contributed by atoms with Crippen LogP contribution >= 0.6 is 11.6 Å². The molecule has 0 amide bonds. The summed E-state index contributed by atoms with van der Waals surface area (Å²) in [5.74, 6) is -1.37. The average molecular weight is 301 g/mol. The second-order valence-corrected chi connectivity index (χ2v) is 4.42. The van der Waals surface area contributed by atoms with Crippen LogP contribution in [0.3, 0.4) is 0 Å². The molecule has 20 heavy (non-hydrogen) atoms. The van der Waals surface area contributed by atoms with Crippen LogP contribution in [-0.2, 0) is 6.18 Å². The van der Waals surface area contributed by atoms with Crippen LogP contribution in [0.1, 0.15) is 15.9 Å². The molecule has 0 atom stereocenters. The van der Waals surface area contributed by atoms with E-state index in [2.05, 4.69) is 0 Å². The van der Waals surface area contributed by atoms with Crippen molar-refractivity contribution in [1.82, 2.24) is 0 Å². The van der Waals surface area contributed by atoms with E-state index in [1.807, 2.05) is 0 Å². The van der Waals surface area contributed by atoms with E-state index in [9.17, 15) is 18.0 Å². The monoisotopic (exact) mass is 300 g/mol. The first-order valence-corrected chi connectivity index (χ1v) is 5.88. The molecule has 2 aromatic rings. The van der Waals surface area contributed by atoms with E-state index < -0.39 is 17.7 Å². The van der Waals surface area contributed by atoms with Crippen molar-refractivity contribution in [3.8, 4) is 11.1 Å². The van der Waals surface area contributed by atoms with Crippen molar-refractivity contribution in [3.05, 3.63) is 58.6 Å². The Hall–Kier alpha value is -2.01. The van der Waals surface area contributed by atoms with Gasteiger partial charge in [0.2, 0.25) is 0 Å². The first kappa shape index (κ1) is 14.4. The average Bonchev–Trinajstić information content (AvgIpc) is 2.37. The van der Waals surface area contributed by atoms with Crippen LogP contribution in [0.25, 0.3) is 11.1 Å². The Bertz CT molecular complexity index is 666. The number of benzene rings is 2. The smallest absolute Gasteiger partial charge is 0.417 e. The molecular weight excluding hydrogens is 293 g/mol. The summed E-state index contributed by atoms with van der Waals surface area (Å²) < 4.78 is 39.0. The van der Waals surface area contributed by atoms with E-state index in [0.29, 0.717) is 0 Å². The summed E-state index contributed by atoms with van der Waals surface area (Å²) in [5, 5.41) is 9.03. The van der Waals surface area contributed by atoms with Gasteiger partial charge in [0.25, 0.3) is 0 Å². The van der Waals surface area contributed by atoms with E-state index in [-0.39, 0.29) is 21.7 Å². The summed E-state index contributed by atoms with van der Waals surface area (Å²) in [6.07, 6.45) is -4.57. The van der Waals surface area contributed by atoms with Gasteiger partial charge in [0.1, 0.15) is 0 Å². The van der Waals surface area contributed by atoms with Crippen molar-refractivity contribution in [3.63, 3.8) is 0 Å². The second-order valence-electron chi connectivity index (χ2n) is 4.01. The van der Waals surface area contributed by atoms with Crippen LogP contribution in [0.5, 0.6) is 0 Å². The fraction of sp³-hybridized carbons (Fsp3) is 0.0714. The standard InChI is InChI=1S/C14H8ClF3O2/c15-11-7-3-5-9(12(11)13(19)20)8-4-1-2-6-10(8)14(16,17)18/h1-7H,(H,19,20). The number of carbonyl (C=O) groups is 1. The van der Waals surface area contributed by atoms with E-state index in [0.717, 1.165) is 6.07 Å². The van der Waals surface area contributed by atoms with Gasteiger partial charge in [0.15, 0.2) is 0 Å². The van der Waals surface area contributed by atoms with E-state index in [4.69, 9.17) is 16.7 Å². The second kappa shape index (κ2) is 5.17. The van der Waals surface area contributed by atoms with Crippen LogP contribution in [0.2, 0.25) is 5.02 Å². The van der Waals surface area contributed by atoms with Gasteiger partial charge >= 0.3 is 12.1 Å². The van der Waals surface area contributed by atoms with Gasteiger partial charge in [-0.05, 0) is 23.3 Å². The van der Waals surface area contributed by atoms with Gasteiger partial charge in [-0.3, -0.25) is 0 Å². The third-order valence-corrected chi connectivity index (χ3v) is 3.07. The maximum absolute atomic E-state index is 13.0. The molecule has 0 radical (unpaired) electrons. The summed E-state index contributed by atoms with van der Waals surface area (Å²) in [5.41, 5.74) is -1.51.